The average molecular weight is 266 g/mol. The standard InChI is InChI=1S/C10H11BN2O6/c14-10(15)4-12-6-1-2-7-8(3-6)11(16)19-9(7)5-13(17)18/h1-3,9,12,16H,4-5H2,(H,14,15). The highest BCUT2D eigenvalue weighted by molar-refractivity contribution is 6.61. The van der Waals surface area contributed by atoms with Gasteiger partial charge >= 0.3 is 13.1 Å². The fourth-order valence-electron chi connectivity index (χ4n) is 1.95. The smallest absolute Gasteiger partial charge is 0.480 e. The second-order valence-corrected chi connectivity index (χ2v) is 4.08. The molecule has 0 aliphatic carbocycles. The Balaban J connectivity index is 2.18. The minimum absolute atomic E-state index is 0.256. The quantitative estimate of drug-likeness (QED) is 0.363. The lowest BCUT2D eigenvalue weighted by Crippen LogP contribution is -2.28. The molecule has 100 valence electrons. The van der Waals surface area contributed by atoms with E-state index in [9.17, 15) is 19.9 Å². The molecule has 0 aromatic heterocycles. The first-order valence-corrected chi connectivity index (χ1v) is 5.52. The molecule has 3 N–H and O–H groups in total. The molecule has 0 saturated carbocycles. The van der Waals surface area contributed by atoms with E-state index in [0.29, 0.717) is 16.7 Å². The van der Waals surface area contributed by atoms with Crippen molar-refractivity contribution in [3.63, 3.8) is 0 Å². The number of benzene rings is 1. The number of hydrogen-bond acceptors (Lipinski definition) is 6. The van der Waals surface area contributed by atoms with Crippen LogP contribution >= 0.6 is 0 Å². The van der Waals surface area contributed by atoms with Gasteiger partial charge in [0, 0.05) is 10.6 Å². The van der Waals surface area contributed by atoms with Crippen LogP contribution in [0.3, 0.4) is 0 Å². The molecule has 1 aromatic rings. The fraction of sp³-hybridized carbons (Fsp3) is 0.300. The molecule has 1 heterocycles. The van der Waals surface area contributed by atoms with E-state index >= 15 is 0 Å². The van der Waals surface area contributed by atoms with Gasteiger partial charge in [-0.1, -0.05) is 6.07 Å². The summed E-state index contributed by atoms with van der Waals surface area (Å²) < 4.78 is 5.09. The van der Waals surface area contributed by atoms with Gasteiger partial charge in [0.25, 0.3) is 0 Å². The van der Waals surface area contributed by atoms with E-state index in [1.165, 1.54) is 6.07 Å². The normalized spacial score (nSPS) is 17.1. The van der Waals surface area contributed by atoms with Gasteiger partial charge < -0.3 is 20.1 Å². The Labute approximate surface area is 108 Å². The van der Waals surface area contributed by atoms with E-state index in [-0.39, 0.29) is 6.54 Å². The molecule has 0 radical (unpaired) electrons. The van der Waals surface area contributed by atoms with Crippen molar-refractivity contribution in [2.24, 2.45) is 0 Å². The summed E-state index contributed by atoms with van der Waals surface area (Å²) >= 11 is 0. The van der Waals surface area contributed by atoms with Crippen LogP contribution in [0.25, 0.3) is 0 Å². The van der Waals surface area contributed by atoms with Crippen molar-refractivity contribution in [3.8, 4) is 0 Å². The summed E-state index contributed by atoms with van der Waals surface area (Å²) in [6, 6.07) is 4.71. The Morgan fingerprint density at radius 3 is 2.95 bits per heavy atom. The third-order valence-corrected chi connectivity index (χ3v) is 2.75. The number of nitrogens with one attached hydrogen (secondary N) is 1. The van der Waals surface area contributed by atoms with Gasteiger partial charge in [0.05, 0.1) is 0 Å². The predicted octanol–water partition coefficient (Wildman–Crippen LogP) is -0.781. The van der Waals surface area contributed by atoms with Crippen LogP contribution in [0.4, 0.5) is 5.69 Å². The van der Waals surface area contributed by atoms with E-state index in [0.717, 1.165) is 0 Å². The summed E-state index contributed by atoms with van der Waals surface area (Å²) in [5.74, 6) is -1.01. The lowest BCUT2D eigenvalue weighted by Gasteiger charge is -2.08. The maximum absolute atomic E-state index is 10.5. The number of nitrogens with zero attached hydrogens (tertiary/aromatic N) is 1. The van der Waals surface area contributed by atoms with Crippen LogP contribution in [0.1, 0.15) is 11.7 Å². The van der Waals surface area contributed by atoms with E-state index in [2.05, 4.69) is 5.32 Å². The van der Waals surface area contributed by atoms with Crippen LogP contribution in [0.2, 0.25) is 0 Å². The average Bonchev–Trinajstić information content (AvgIpc) is 2.63. The van der Waals surface area contributed by atoms with Crippen LogP contribution in [-0.4, -0.2) is 41.2 Å². The van der Waals surface area contributed by atoms with E-state index in [1.54, 1.807) is 12.1 Å². The molecule has 1 atom stereocenters. The SMILES string of the molecule is O=C(O)CNc1ccc2c(c1)B(O)OC2C[N+](=O)[O-]. The molecule has 19 heavy (non-hydrogen) atoms. The van der Waals surface area contributed by atoms with Crippen molar-refractivity contribution in [2.75, 3.05) is 18.4 Å². The third kappa shape index (κ3) is 3.01. The van der Waals surface area contributed by atoms with Gasteiger partial charge in [-0.2, -0.15) is 0 Å². The Bertz CT molecular complexity index is 523. The topological polar surface area (TPSA) is 122 Å². The zero-order valence-electron chi connectivity index (χ0n) is 9.78. The van der Waals surface area contributed by atoms with E-state index < -0.39 is 30.7 Å². The lowest BCUT2D eigenvalue weighted by molar-refractivity contribution is -0.490. The summed E-state index contributed by atoms with van der Waals surface area (Å²) in [5.41, 5.74) is 1.47. The van der Waals surface area contributed by atoms with Crippen molar-refractivity contribution in [3.05, 3.63) is 33.9 Å². The number of carboxylic acids is 1. The van der Waals surface area contributed by atoms with Crippen molar-refractivity contribution in [2.45, 2.75) is 6.10 Å². The zero-order chi connectivity index (χ0) is 14.0. The van der Waals surface area contributed by atoms with Crippen LogP contribution in [0.5, 0.6) is 0 Å². The van der Waals surface area contributed by atoms with Crippen molar-refractivity contribution >= 4 is 24.2 Å². The number of fused-ring (bicyclic) bond motifs is 1. The van der Waals surface area contributed by atoms with Gasteiger partial charge in [-0.3, -0.25) is 14.9 Å². The molecule has 0 bridgehead atoms. The van der Waals surface area contributed by atoms with E-state index in [4.69, 9.17) is 9.76 Å². The number of rotatable bonds is 5. The van der Waals surface area contributed by atoms with Gasteiger partial charge in [0.15, 0.2) is 0 Å². The summed E-state index contributed by atoms with van der Waals surface area (Å²) in [6.45, 7) is -0.681. The monoisotopic (exact) mass is 266 g/mol. The molecule has 0 fully saturated rings. The predicted molar refractivity (Wildman–Crippen MR) is 65.9 cm³/mol. The number of anilines is 1. The molecule has 2 rings (SSSR count). The third-order valence-electron chi connectivity index (χ3n) is 2.75. The van der Waals surface area contributed by atoms with Crippen LogP contribution in [0.15, 0.2) is 18.2 Å². The molecule has 1 aliphatic rings. The van der Waals surface area contributed by atoms with E-state index in [1.807, 2.05) is 0 Å². The minimum atomic E-state index is -1.23. The maximum atomic E-state index is 10.5. The summed E-state index contributed by atoms with van der Waals surface area (Å²) in [4.78, 5) is 20.4. The molecule has 0 spiro atoms. The minimum Gasteiger partial charge on any atom is -0.480 e. The molecular weight excluding hydrogens is 255 g/mol. The van der Waals surface area contributed by atoms with Crippen molar-refractivity contribution in [1.82, 2.24) is 0 Å². The number of hydrogen-bond donors (Lipinski definition) is 3. The molecule has 9 heteroatoms. The second kappa shape index (κ2) is 5.25. The fourth-order valence-corrected chi connectivity index (χ4v) is 1.95. The lowest BCUT2D eigenvalue weighted by atomic mass is 9.79. The Hall–Kier alpha value is -2.13. The van der Waals surface area contributed by atoms with Crippen LogP contribution < -0.4 is 10.8 Å². The number of carboxylic acid groups (broad SMARTS) is 1. The molecular formula is C10H11BN2O6. The van der Waals surface area contributed by atoms with Crippen molar-refractivity contribution < 1.29 is 24.5 Å². The molecule has 0 saturated heterocycles. The highest BCUT2D eigenvalue weighted by Gasteiger charge is 2.37. The summed E-state index contributed by atoms with van der Waals surface area (Å²) in [7, 11) is -1.23. The van der Waals surface area contributed by atoms with Gasteiger partial charge in [-0.05, 0) is 23.2 Å². The number of nitro groups is 1. The van der Waals surface area contributed by atoms with Gasteiger partial charge in [0.1, 0.15) is 12.6 Å². The van der Waals surface area contributed by atoms with Crippen LogP contribution in [-0.2, 0) is 9.45 Å². The molecule has 1 aliphatic heterocycles. The molecule has 1 unspecified atom stereocenters. The largest absolute Gasteiger partial charge is 0.492 e. The zero-order valence-corrected chi connectivity index (χ0v) is 9.78. The highest BCUT2D eigenvalue weighted by atomic mass is 16.6. The Kier molecular flexibility index (Phi) is 3.68. The Morgan fingerprint density at radius 2 is 2.32 bits per heavy atom. The second-order valence-electron chi connectivity index (χ2n) is 4.08. The summed E-state index contributed by atoms with van der Waals surface area (Å²) in [6.07, 6.45) is -0.784. The molecule has 0 amide bonds. The number of aliphatic carboxylic acids is 1. The van der Waals surface area contributed by atoms with Gasteiger partial charge in [-0.15, -0.1) is 0 Å². The first-order chi connectivity index (χ1) is 8.97. The van der Waals surface area contributed by atoms with Crippen LogP contribution in [0, 0.1) is 10.1 Å². The highest BCUT2D eigenvalue weighted by Crippen LogP contribution is 2.25. The Morgan fingerprint density at radius 1 is 1.58 bits per heavy atom. The van der Waals surface area contributed by atoms with Crippen molar-refractivity contribution in [1.29, 1.82) is 0 Å². The molecule has 8 nitrogen and oxygen atoms in total. The number of carbonyl (C=O) groups is 1. The molecule has 1 aromatic carbocycles. The first-order valence-electron chi connectivity index (χ1n) is 5.52. The van der Waals surface area contributed by atoms with Gasteiger partial charge in [-0.25, -0.2) is 0 Å². The summed E-state index contributed by atoms with van der Waals surface area (Å²) in [5, 5.41) is 31.4. The maximum Gasteiger partial charge on any atom is 0.492 e. The first kappa shape index (κ1) is 13.3. The van der Waals surface area contributed by atoms with Gasteiger partial charge in [0.2, 0.25) is 6.54 Å².